The van der Waals surface area contributed by atoms with Crippen molar-refractivity contribution in [3.05, 3.63) is 65.2 Å². The van der Waals surface area contributed by atoms with Gasteiger partial charge in [-0.15, -0.1) is 0 Å². The van der Waals surface area contributed by atoms with E-state index in [1.54, 1.807) is 10.7 Å². The molecule has 170 valence electrons. The third kappa shape index (κ3) is 4.41. The second kappa shape index (κ2) is 8.83. The van der Waals surface area contributed by atoms with Crippen LogP contribution in [0.4, 0.5) is 11.4 Å². The summed E-state index contributed by atoms with van der Waals surface area (Å²) in [6, 6.07) is 7.98. The van der Waals surface area contributed by atoms with Crippen molar-refractivity contribution in [3.63, 3.8) is 0 Å². The Labute approximate surface area is 198 Å². The third-order valence-corrected chi connectivity index (χ3v) is 6.60. The molecule has 1 aliphatic carbocycles. The van der Waals surface area contributed by atoms with Gasteiger partial charge in [0.2, 0.25) is 0 Å². The minimum absolute atomic E-state index is 0.411. The molecule has 4 aromatic rings. The van der Waals surface area contributed by atoms with Crippen molar-refractivity contribution in [2.45, 2.75) is 38.1 Å². The fraction of sp³-hybridized carbons (Fsp3) is 0.280. The van der Waals surface area contributed by atoms with Gasteiger partial charge in [0, 0.05) is 58.6 Å². The van der Waals surface area contributed by atoms with Crippen LogP contribution in [0.15, 0.2) is 49.1 Å². The zero-order valence-corrected chi connectivity index (χ0v) is 19.4. The highest BCUT2D eigenvalue weighted by Crippen LogP contribution is 2.34. The normalized spacial score (nSPS) is 15.3. The number of hydrogen-bond acceptors (Lipinski definition) is 5. The van der Waals surface area contributed by atoms with Gasteiger partial charge in [-0.2, -0.15) is 10.2 Å². The summed E-state index contributed by atoms with van der Waals surface area (Å²) in [5, 5.41) is 13.3. The second-order valence-electron chi connectivity index (χ2n) is 8.75. The van der Waals surface area contributed by atoms with Crippen LogP contribution >= 0.6 is 11.6 Å². The van der Waals surface area contributed by atoms with E-state index in [1.807, 2.05) is 54.6 Å². The number of halogens is 1. The monoisotopic (exact) mass is 461 g/mol. The van der Waals surface area contributed by atoms with Crippen LogP contribution in [0.25, 0.3) is 28.4 Å². The number of nitrogens with two attached hydrogens (primary N) is 2. The highest BCUT2D eigenvalue weighted by atomic mass is 35.5. The topological polar surface area (TPSA) is 99.2 Å². The van der Waals surface area contributed by atoms with Gasteiger partial charge in [-0.1, -0.05) is 36.9 Å². The number of rotatable bonds is 5. The Balaban J connectivity index is 1.61. The van der Waals surface area contributed by atoms with Crippen LogP contribution in [0.5, 0.6) is 0 Å². The van der Waals surface area contributed by atoms with Crippen molar-refractivity contribution >= 4 is 40.3 Å². The van der Waals surface area contributed by atoms with Crippen LogP contribution in [-0.4, -0.2) is 25.4 Å². The molecule has 1 fully saturated rings. The van der Waals surface area contributed by atoms with Gasteiger partial charge in [0.1, 0.15) is 0 Å². The summed E-state index contributed by atoms with van der Waals surface area (Å²) in [4.78, 5) is 0. The fourth-order valence-electron chi connectivity index (χ4n) is 4.51. The fourth-order valence-corrected chi connectivity index (χ4v) is 4.76. The van der Waals surface area contributed by atoms with Crippen LogP contribution < -0.4 is 16.8 Å². The zero-order chi connectivity index (χ0) is 22.9. The van der Waals surface area contributed by atoms with Crippen LogP contribution in [0.3, 0.4) is 0 Å². The van der Waals surface area contributed by atoms with E-state index in [-0.39, 0.29) is 0 Å². The van der Waals surface area contributed by atoms with E-state index >= 15 is 0 Å². The molecule has 0 saturated heterocycles. The number of nitrogen functional groups attached to an aromatic ring is 1. The molecular formula is C25H28ClN7. The number of nitrogens with zero attached hydrogens (tertiary/aromatic N) is 4. The maximum absolute atomic E-state index is 6.62. The quantitative estimate of drug-likeness (QED) is 0.356. The SMILES string of the molecule is Cn1cc(-c2cc3c(NC4CCCCC4)c(/C(N)=C/c4ccc(N)cc4Cl)cnn3c2)cn1. The molecule has 33 heavy (non-hydrogen) atoms. The smallest absolute Gasteiger partial charge is 0.0891 e. The molecule has 8 heteroatoms. The third-order valence-electron chi connectivity index (χ3n) is 6.28. The van der Waals surface area contributed by atoms with Crippen LogP contribution in [0.1, 0.15) is 43.2 Å². The molecule has 0 radical (unpaired) electrons. The summed E-state index contributed by atoms with van der Waals surface area (Å²) in [5.41, 5.74) is 19.4. The molecule has 1 aromatic carbocycles. The summed E-state index contributed by atoms with van der Waals surface area (Å²) in [5.74, 6) is 0. The van der Waals surface area contributed by atoms with Crippen molar-refractivity contribution in [2.24, 2.45) is 12.8 Å². The van der Waals surface area contributed by atoms with Gasteiger partial charge >= 0.3 is 0 Å². The van der Waals surface area contributed by atoms with E-state index in [0.717, 1.165) is 46.3 Å². The largest absolute Gasteiger partial charge is 0.399 e. The molecule has 1 saturated carbocycles. The van der Waals surface area contributed by atoms with Crippen LogP contribution in [0, 0.1) is 0 Å². The van der Waals surface area contributed by atoms with Gasteiger partial charge < -0.3 is 16.8 Å². The molecule has 5 N–H and O–H groups in total. The number of anilines is 2. The Hall–Kier alpha value is -3.45. The van der Waals surface area contributed by atoms with E-state index in [2.05, 4.69) is 21.6 Å². The van der Waals surface area contributed by atoms with Crippen molar-refractivity contribution < 1.29 is 0 Å². The van der Waals surface area contributed by atoms with E-state index in [1.165, 1.54) is 19.3 Å². The second-order valence-corrected chi connectivity index (χ2v) is 9.16. The lowest BCUT2D eigenvalue weighted by Crippen LogP contribution is -2.23. The Morgan fingerprint density at radius 3 is 2.64 bits per heavy atom. The van der Waals surface area contributed by atoms with Crippen molar-refractivity contribution in [3.8, 4) is 11.1 Å². The number of aryl methyl sites for hydroxylation is 1. The molecule has 7 nitrogen and oxygen atoms in total. The lowest BCUT2D eigenvalue weighted by atomic mass is 9.95. The number of nitrogens with one attached hydrogen (secondary N) is 1. The van der Waals surface area contributed by atoms with Gasteiger partial charge in [0.25, 0.3) is 0 Å². The van der Waals surface area contributed by atoms with Gasteiger partial charge in [-0.25, -0.2) is 4.52 Å². The average Bonchev–Trinajstić information content (AvgIpc) is 3.43. The number of hydrogen-bond donors (Lipinski definition) is 3. The van der Waals surface area contributed by atoms with E-state index in [4.69, 9.17) is 23.1 Å². The average molecular weight is 462 g/mol. The molecule has 5 rings (SSSR count). The van der Waals surface area contributed by atoms with Gasteiger partial charge in [0.15, 0.2) is 0 Å². The molecule has 0 spiro atoms. The molecule has 0 amide bonds. The Morgan fingerprint density at radius 2 is 1.91 bits per heavy atom. The minimum atomic E-state index is 0.411. The van der Waals surface area contributed by atoms with Crippen molar-refractivity contribution in [1.82, 2.24) is 19.4 Å². The molecule has 3 aromatic heterocycles. The first-order valence-electron chi connectivity index (χ1n) is 11.3. The highest BCUT2D eigenvalue weighted by Gasteiger charge is 2.19. The summed E-state index contributed by atoms with van der Waals surface area (Å²) in [7, 11) is 1.92. The maximum Gasteiger partial charge on any atom is 0.0891 e. The standard InChI is InChI=1S/C25H28ClN7/c1-32-14-18(12-29-32)17-10-24-25(31-20-5-3-2-4-6-20)21(13-30-33(24)15-17)23(28)9-16-7-8-19(27)11-22(16)26/h7-15,20,31H,2-6,27-28H2,1H3/b23-9-. The number of fused-ring (bicyclic) bond motifs is 1. The minimum Gasteiger partial charge on any atom is -0.399 e. The lowest BCUT2D eigenvalue weighted by Gasteiger charge is -2.25. The predicted octanol–water partition coefficient (Wildman–Crippen LogP) is 5.17. The summed E-state index contributed by atoms with van der Waals surface area (Å²) < 4.78 is 3.70. The van der Waals surface area contributed by atoms with E-state index in [9.17, 15) is 0 Å². The molecule has 0 aliphatic heterocycles. The number of aromatic nitrogens is 4. The first-order chi connectivity index (χ1) is 16.0. The van der Waals surface area contributed by atoms with Crippen molar-refractivity contribution in [1.29, 1.82) is 0 Å². The Kier molecular flexibility index (Phi) is 5.72. The molecular weight excluding hydrogens is 434 g/mol. The summed E-state index contributed by atoms with van der Waals surface area (Å²) in [6.07, 6.45) is 15.7. The van der Waals surface area contributed by atoms with Gasteiger partial charge in [-0.05, 0) is 42.7 Å². The first kappa shape index (κ1) is 21.4. The molecule has 0 bridgehead atoms. The molecule has 0 unspecified atom stereocenters. The first-order valence-corrected chi connectivity index (χ1v) is 11.7. The van der Waals surface area contributed by atoms with Crippen LogP contribution in [-0.2, 0) is 7.05 Å². The summed E-state index contributed by atoms with van der Waals surface area (Å²) in [6.45, 7) is 0. The summed E-state index contributed by atoms with van der Waals surface area (Å²) >= 11 is 6.40. The van der Waals surface area contributed by atoms with E-state index in [0.29, 0.717) is 22.4 Å². The zero-order valence-electron chi connectivity index (χ0n) is 18.6. The maximum atomic E-state index is 6.62. The lowest BCUT2D eigenvalue weighted by molar-refractivity contribution is 0.463. The Morgan fingerprint density at radius 1 is 1.09 bits per heavy atom. The molecule has 1 aliphatic rings. The highest BCUT2D eigenvalue weighted by molar-refractivity contribution is 6.32. The van der Waals surface area contributed by atoms with Crippen molar-refractivity contribution in [2.75, 3.05) is 11.1 Å². The van der Waals surface area contributed by atoms with Crippen LogP contribution in [0.2, 0.25) is 5.02 Å². The Bertz CT molecular complexity index is 1330. The predicted molar refractivity (Wildman–Crippen MR) is 136 cm³/mol. The van der Waals surface area contributed by atoms with Gasteiger partial charge in [-0.3, -0.25) is 4.68 Å². The van der Waals surface area contributed by atoms with Gasteiger partial charge in [0.05, 0.1) is 23.6 Å². The molecule has 0 atom stereocenters. The van der Waals surface area contributed by atoms with E-state index < -0.39 is 0 Å². The molecule has 3 heterocycles. The number of benzene rings is 1.